The van der Waals surface area contributed by atoms with Crippen molar-refractivity contribution in [1.82, 2.24) is 0 Å². The van der Waals surface area contributed by atoms with Gasteiger partial charge < -0.3 is 4.79 Å². The summed E-state index contributed by atoms with van der Waals surface area (Å²) in [5, 5.41) is 17.9. The van der Waals surface area contributed by atoms with Crippen molar-refractivity contribution in [3.8, 4) is 12.1 Å². The largest absolute Gasteiger partial charge is 0.303 e. The molecule has 0 spiro atoms. The second kappa shape index (κ2) is 3.66. The number of aldehydes is 1. The van der Waals surface area contributed by atoms with E-state index in [4.69, 9.17) is 5.26 Å². The van der Waals surface area contributed by atoms with Crippen LogP contribution in [0.4, 0.5) is 0 Å². The summed E-state index contributed by atoms with van der Waals surface area (Å²) in [6, 6.07) is 4.54. The van der Waals surface area contributed by atoms with Gasteiger partial charge in [-0.1, -0.05) is 0 Å². The lowest BCUT2D eigenvalue weighted by Crippen LogP contribution is -2.29. The minimum absolute atomic E-state index is 0.179. The quantitative estimate of drug-likeness (QED) is 0.658. The molecule has 0 N–H and O–H groups in total. The molecule has 0 aromatic heterocycles. The van der Waals surface area contributed by atoms with Gasteiger partial charge in [0.15, 0.2) is 0 Å². The Hall–Kier alpha value is -1.35. The number of rotatable bonds is 3. The number of fused-ring (bicyclic) bond motifs is 2. The second-order valence-corrected chi connectivity index (χ2v) is 4.86. The number of hydrogen-bond acceptors (Lipinski definition) is 3. The van der Waals surface area contributed by atoms with Crippen molar-refractivity contribution >= 4 is 6.29 Å². The Morgan fingerprint density at radius 3 is 2.67 bits per heavy atom. The molecule has 4 unspecified atom stereocenters. The summed E-state index contributed by atoms with van der Waals surface area (Å²) in [6.45, 7) is 0. The fraction of sp³-hybridized carbons (Fsp3) is 0.750. The van der Waals surface area contributed by atoms with Crippen LogP contribution in [0.2, 0.25) is 0 Å². The fourth-order valence-corrected chi connectivity index (χ4v) is 3.42. The zero-order valence-corrected chi connectivity index (χ0v) is 8.65. The van der Waals surface area contributed by atoms with Crippen molar-refractivity contribution in [2.45, 2.75) is 32.1 Å². The monoisotopic (exact) mass is 202 g/mol. The average Bonchev–Trinajstić information content (AvgIpc) is 2.83. The van der Waals surface area contributed by atoms with Crippen LogP contribution in [0.15, 0.2) is 0 Å². The summed E-state index contributed by atoms with van der Waals surface area (Å²) in [6.07, 6.45) is 4.92. The van der Waals surface area contributed by atoms with Crippen LogP contribution < -0.4 is 0 Å². The van der Waals surface area contributed by atoms with Crippen LogP contribution in [0.3, 0.4) is 0 Å². The summed E-state index contributed by atoms with van der Waals surface area (Å²) in [5.74, 6) is 0.945. The van der Waals surface area contributed by atoms with E-state index >= 15 is 0 Å². The standard InChI is InChI=1S/C12H14N2O/c13-3-1-2-12(8-14)6-9-4-11(12)5-10(9)7-15/h7,9-11H,1-2,4-6H2. The average molecular weight is 202 g/mol. The molecule has 15 heavy (non-hydrogen) atoms. The molecule has 2 aliphatic rings. The molecule has 0 aromatic rings. The molecule has 78 valence electrons. The van der Waals surface area contributed by atoms with Gasteiger partial charge in [-0.25, -0.2) is 0 Å². The van der Waals surface area contributed by atoms with Gasteiger partial charge in [0.25, 0.3) is 0 Å². The molecule has 2 saturated carbocycles. The highest BCUT2D eigenvalue weighted by Crippen LogP contribution is 2.59. The van der Waals surface area contributed by atoms with Crippen molar-refractivity contribution in [2.24, 2.45) is 23.2 Å². The number of nitriles is 2. The van der Waals surface area contributed by atoms with E-state index in [1.807, 2.05) is 0 Å². The molecular weight excluding hydrogens is 188 g/mol. The van der Waals surface area contributed by atoms with Gasteiger partial charge in [0.05, 0.1) is 17.6 Å². The first kappa shape index (κ1) is 10.2. The van der Waals surface area contributed by atoms with Crippen molar-refractivity contribution in [2.75, 3.05) is 0 Å². The summed E-state index contributed by atoms with van der Waals surface area (Å²) in [7, 11) is 0. The zero-order chi connectivity index (χ0) is 10.9. The Balaban J connectivity index is 2.11. The number of hydrogen-bond donors (Lipinski definition) is 0. The lowest BCUT2D eigenvalue weighted by atomic mass is 9.69. The molecular formula is C12H14N2O. The van der Waals surface area contributed by atoms with Crippen LogP contribution in [0.1, 0.15) is 32.1 Å². The van der Waals surface area contributed by atoms with E-state index in [0.29, 0.717) is 24.7 Å². The van der Waals surface area contributed by atoms with E-state index in [1.54, 1.807) is 0 Å². The van der Waals surface area contributed by atoms with Gasteiger partial charge in [0, 0.05) is 12.3 Å². The molecule has 0 heterocycles. The maximum Gasteiger partial charge on any atom is 0.123 e. The van der Waals surface area contributed by atoms with Crippen LogP contribution in [0.25, 0.3) is 0 Å². The summed E-state index contributed by atoms with van der Waals surface area (Å²) in [4.78, 5) is 10.8. The summed E-state index contributed by atoms with van der Waals surface area (Å²) >= 11 is 0. The Kier molecular flexibility index (Phi) is 2.49. The molecule has 0 aromatic carbocycles. The maximum atomic E-state index is 10.8. The molecule has 2 fully saturated rings. The molecule has 3 heteroatoms. The number of nitrogens with zero attached hydrogens (tertiary/aromatic N) is 2. The molecule has 0 radical (unpaired) electrons. The third-order valence-corrected chi connectivity index (χ3v) is 4.24. The van der Waals surface area contributed by atoms with Crippen molar-refractivity contribution in [1.29, 1.82) is 10.5 Å². The van der Waals surface area contributed by atoms with Crippen LogP contribution in [0, 0.1) is 45.8 Å². The fourth-order valence-electron chi connectivity index (χ4n) is 3.42. The molecule has 2 bridgehead atoms. The SMILES string of the molecule is N#CCCC1(C#N)CC2CC1CC2C=O. The second-order valence-electron chi connectivity index (χ2n) is 4.86. The van der Waals surface area contributed by atoms with Gasteiger partial charge in [-0.3, -0.25) is 0 Å². The molecule has 0 amide bonds. The Morgan fingerprint density at radius 1 is 1.40 bits per heavy atom. The summed E-state index contributed by atoms with van der Waals surface area (Å²) in [5.41, 5.74) is -0.292. The molecule has 3 nitrogen and oxygen atoms in total. The van der Waals surface area contributed by atoms with E-state index in [0.717, 1.165) is 25.5 Å². The summed E-state index contributed by atoms with van der Waals surface area (Å²) < 4.78 is 0. The maximum absolute atomic E-state index is 10.8. The highest BCUT2D eigenvalue weighted by molar-refractivity contribution is 5.55. The van der Waals surface area contributed by atoms with E-state index < -0.39 is 0 Å². The van der Waals surface area contributed by atoms with Crippen LogP contribution in [0.5, 0.6) is 0 Å². The highest BCUT2D eigenvalue weighted by Gasteiger charge is 2.54. The number of carbonyl (C=O) groups is 1. The first-order valence-electron chi connectivity index (χ1n) is 5.49. The topological polar surface area (TPSA) is 64.7 Å². The van der Waals surface area contributed by atoms with E-state index in [1.165, 1.54) is 0 Å². The predicted octanol–water partition coefficient (Wildman–Crippen LogP) is 2.05. The van der Waals surface area contributed by atoms with Gasteiger partial charge in [0.2, 0.25) is 0 Å². The molecule has 2 rings (SSSR count). The van der Waals surface area contributed by atoms with Crippen molar-refractivity contribution in [3.05, 3.63) is 0 Å². The first-order chi connectivity index (χ1) is 7.25. The molecule has 0 aliphatic heterocycles. The van der Waals surface area contributed by atoms with E-state index in [-0.39, 0.29) is 11.3 Å². The van der Waals surface area contributed by atoms with Crippen LogP contribution >= 0.6 is 0 Å². The Bertz CT molecular complexity index is 352. The van der Waals surface area contributed by atoms with Crippen LogP contribution in [-0.4, -0.2) is 6.29 Å². The van der Waals surface area contributed by atoms with Crippen molar-refractivity contribution in [3.63, 3.8) is 0 Å². The van der Waals surface area contributed by atoms with Gasteiger partial charge >= 0.3 is 0 Å². The van der Waals surface area contributed by atoms with Gasteiger partial charge in [-0.05, 0) is 37.5 Å². The van der Waals surface area contributed by atoms with Gasteiger partial charge in [0.1, 0.15) is 6.29 Å². The number of carbonyl (C=O) groups excluding carboxylic acids is 1. The third-order valence-electron chi connectivity index (χ3n) is 4.24. The minimum Gasteiger partial charge on any atom is -0.303 e. The van der Waals surface area contributed by atoms with Gasteiger partial charge in [-0.15, -0.1) is 0 Å². The van der Waals surface area contributed by atoms with E-state index in [2.05, 4.69) is 12.1 Å². The first-order valence-corrected chi connectivity index (χ1v) is 5.49. The lowest BCUT2D eigenvalue weighted by Gasteiger charge is -2.32. The molecule has 0 saturated heterocycles. The smallest absolute Gasteiger partial charge is 0.123 e. The Morgan fingerprint density at radius 2 is 2.20 bits per heavy atom. The molecule has 4 atom stereocenters. The lowest BCUT2D eigenvalue weighted by molar-refractivity contribution is -0.112. The molecule has 2 aliphatic carbocycles. The predicted molar refractivity (Wildman–Crippen MR) is 53.3 cm³/mol. The highest BCUT2D eigenvalue weighted by atomic mass is 16.1. The normalized spacial score (nSPS) is 42.1. The van der Waals surface area contributed by atoms with Gasteiger partial charge in [-0.2, -0.15) is 10.5 Å². The Labute approximate surface area is 89.7 Å². The zero-order valence-electron chi connectivity index (χ0n) is 8.65. The third kappa shape index (κ3) is 1.43. The minimum atomic E-state index is -0.292. The van der Waals surface area contributed by atoms with Crippen molar-refractivity contribution < 1.29 is 4.79 Å². The van der Waals surface area contributed by atoms with E-state index in [9.17, 15) is 10.1 Å². The van der Waals surface area contributed by atoms with Crippen LogP contribution in [-0.2, 0) is 4.79 Å².